The van der Waals surface area contributed by atoms with Crippen LogP contribution in [0.1, 0.15) is 40.0 Å². The van der Waals surface area contributed by atoms with Crippen molar-refractivity contribution in [1.82, 2.24) is 5.32 Å². The van der Waals surface area contributed by atoms with Gasteiger partial charge in [-0.05, 0) is 30.4 Å². The molecule has 0 radical (unpaired) electrons. The highest BCUT2D eigenvalue weighted by Crippen LogP contribution is 2.21. The number of hydrogen-bond donors (Lipinski definition) is 2. The van der Waals surface area contributed by atoms with E-state index in [2.05, 4.69) is 26.1 Å². The third kappa shape index (κ3) is 6.44. The summed E-state index contributed by atoms with van der Waals surface area (Å²) < 4.78 is 0. The first-order chi connectivity index (χ1) is 6.97. The zero-order valence-electron chi connectivity index (χ0n) is 10.3. The molecule has 0 amide bonds. The fraction of sp³-hybridized carbons (Fsp3) is 1.00. The summed E-state index contributed by atoms with van der Waals surface area (Å²) in [4.78, 5) is 0. The third-order valence-electron chi connectivity index (χ3n) is 2.65. The van der Waals surface area contributed by atoms with Crippen LogP contribution >= 0.6 is 11.8 Å². The van der Waals surface area contributed by atoms with E-state index in [0.29, 0.717) is 6.04 Å². The summed E-state index contributed by atoms with van der Waals surface area (Å²) in [7, 11) is 0. The number of aliphatic hydroxyl groups is 1. The predicted molar refractivity (Wildman–Crippen MR) is 68.4 cm³/mol. The second-order valence-corrected chi connectivity index (χ2v) is 6.89. The summed E-state index contributed by atoms with van der Waals surface area (Å²) in [5, 5.41) is 13.3. The average molecular weight is 231 g/mol. The van der Waals surface area contributed by atoms with Crippen molar-refractivity contribution in [2.75, 3.05) is 18.1 Å². The van der Waals surface area contributed by atoms with Crippen LogP contribution in [0.5, 0.6) is 0 Å². The molecule has 90 valence electrons. The molecule has 3 heteroatoms. The molecule has 2 N–H and O–H groups in total. The van der Waals surface area contributed by atoms with Gasteiger partial charge in [-0.25, -0.2) is 0 Å². The number of thioether (sulfide) groups is 1. The Kier molecular flexibility index (Phi) is 5.44. The minimum Gasteiger partial charge on any atom is -0.392 e. The van der Waals surface area contributed by atoms with E-state index in [9.17, 15) is 5.11 Å². The lowest BCUT2D eigenvalue weighted by Crippen LogP contribution is -2.39. The molecule has 0 aromatic heterocycles. The second-order valence-electron chi connectivity index (χ2n) is 5.74. The molecule has 0 aromatic carbocycles. The first-order valence-electron chi connectivity index (χ1n) is 5.96. The van der Waals surface area contributed by atoms with E-state index in [1.165, 1.54) is 24.3 Å². The highest BCUT2D eigenvalue weighted by atomic mass is 32.2. The van der Waals surface area contributed by atoms with E-state index in [1.807, 2.05) is 11.8 Å². The molecule has 2 atom stereocenters. The van der Waals surface area contributed by atoms with Crippen LogP contribution in [0.4, 0.5) is 0 Å². The molecule has 0 aromatic rings. The molecular formula is C12H25NOS. The number of aliphatic hydroxyl groups excluding tert-OH is 1. The molecule has 0 bridgehead atoms. The fourth-order valence-electron chi connectivity index (χ4n) is 1.98. The first kappa shape index (κ1) is 13.3. The van der Waals surface area contributed by atoms with Crippen LogP contribution < -0.4 is 5.32 Å². The summed E-state index contributed by atoms with van der Waals surface area (Å²) in [5.74, 6) is 2.52. The molecular weight excluding hydrogens is 206 g/mol. The molecule has 0 spiro atoms. The van der Waals surface area contributed by atoms with Gasteiger partial charge < -0.3 is 10.4 Å². The van der Waals surface area contributed by atoms with Gasteiger partial charge in [0.1, 0.15) is 0 Å². The number of hydrogen-bond acceptors (Lipinski definition) is 3. The van der Waals surface area contributed by atoms with Crippen LogP contribution in [0.2, 0.25) is 0 Å². The first-order valence-corrected chi connectivity index (χ1v) is 7.12. The van der Waals surface area contributed by atoms with Gasteiger partial charge in [-0.3, -0.25) is 0 Å². The van der Waals surface area contributed by atoms with E-state index in [1.54, 1.807) is 0 Å². The van der Waals surface area contributed by atoms with Crippen LogP contribution in [0.3, 0.4) is 0 Å². The van der Waals surface area contributed by atoms with E-state index in [4.69, 9.17) is 0 Å². The van der Waals surface area contributed by atoms with Crippen LogP contribution in [-0.2, 0) is 0 Å². The van der Waals surface area contributed by atoms with E-state index >= 15 is 0 Å². The topological polar surface area (TPSA) is 32.3 Å². The molecule has 0 unspecified atom stereocenters. The van der Waals surface area contributed by atoms with Gasteiger partial charge in [0.15, 0.2) is 0 Å². The van der Waals surface area contributed by atoms with Crippen LogP contribution in [0.15, 0.2) is 0 Å². The van der Waals surface area contributed by atoms with E-state index < -0.39 is 0 Å². The van der Waals surface area contributed by atoms with Crippen molar-refractivity contribution in [2.45, 2.75) is 52.2 Å². The van der Waals surface area contributed by atoms with Gasteiger partial charge in [-0.2, -0.15) is 11.8 Å². The minimum atomic E-state index is -0.197. The fourth-order valence-corrected chi connectivity index (χ4v) is 3.09. The Morgan fingerprint density at radius 3 is 2.73 bits per heavy atom. The summed E-state index contributed by atoms with van der Waals surface area (Å²) >= 11 is 2.02. The van der Waals surface area contributed by atoms with Gasteiger partial charge in [0.25, 0.3) is 0 Å². The van der Waals surface area contributed by atoms with Crippen molar-refractivity contribution in [1.29, 1.82) is 0 Å². The Morgan fingerprint density at radius 1 is 1.47 bits per heavy atom. The van der Waals surface area contributed by atoms with Crippen LogP contribution in [0.25, 0.3) is 0 Å². The van der Waals surface area contributed by atoms with Crippen molar-refractivity contribution in [3.8, 4) is 0 Å². The highest BCUT2D eigenvalue weighted by molar-refractivity contribution is 7.99. The van der Waals surface area contributed by atoms with Crippen molar-refractivity contribution >= 4 is 11.8 Å². The van der Waals surface area contributed by atoms with Crippen molar-refractivity contribution in [2.24, 2.45) is 5.41 Å². The third-order valence-corrected chi connectivity index (χ3v) is 3.87. The molecule has 1 heterocycles. The number of rotatable bonds is 4. The standard InChI is InChI=1S/C12H25NOS/c1-12(2,3)7-11(14)8-13-10-5-4-6-15-9-10/h10-11,13-14H,4-9H2,1-3H3/t10-,11-/m0/s1. The summed E-state index contributed by atoms with van der Waals surface area (Å²) in [6, 6.07) is 0.623. The maximum atomic E-state index is 9.85. The Morgan fingerprint density at radius 2 is 2.20 bits per heavy atom. The molecule has 0 saturated carbocycles. The lowest BCUT2D eigenvalue weighted by molar-refractivity contribution is 0.117. The van der Waals surface area contributed by atoms with Crippen LogP contribution in [-0.4, -0.2) is 35.3 Å². The maximum absolute atomic E-state index is 9.85. The minimum absolute atomic E-state index is 0.197. The monoisotopic (exact) mass is 231 g/mol. The van der Waals surface area contributed by atoms with E-state index in [0.717, 1.165) is 13.0 Å². The zero-order chi connectivity index (χ0) is 11.3. The normalized spacial score (nSPS) is 25.2. The zero-order valence-corrected chi connectivity index (χ0v) is 11.1. The van der Waals surface area contributed by atoms with Gasteiger partial charge in [-0.1, -0.05) is 20.8 Å². The largest absolute Gasteiger partial charge is 0.392 e. The van der Waals surface area contributed by atoms with Gasteiger partial charge in [-0.15, -0.1) is 0 Å². The molecule has 1 rings (SSSR count). The molecule has 0 aliphatic carbocycles. The molecule has 2 nitrogen and oxygen atoms in total. The van der Waals surface area contributed by atoms with Crippen molar-refractivity contribution in [3.05, 3.63) is 0 Å². The second kappa shape index (κ2) is 6.12. The lowest BCUT2D eigenvalue weighted by Gasteiger charge is -2.26. The van der Waals surface area contributed by atoms with Crippen LogP contribution in [0, 0.1) is 5.41 Å². The Hall–Kier alpha value is 0.270. The van der Waals surface area contributed by atoms with Gasteiger partial charge in [0, 0.05) is 18.3 Å². The van der Waals surface area contributed by atoms with Crippen molar-refractivity contribution < 1.29 is 5.11 Å². The smallest absolute Gasteiger partial charge is 0.0669 e. The molecule has 1 fully saturated rings. The van der Waals surface area contributed by atoms with Crippen molar-refractivity contribution in [3.63, 3.8) is 0 Å². The van der Waals surface area contributed by atoms with Gasteiger partial charge in [0.2, 0.25) is 0 Å². The van der Waals surface area contributed by atoms with Gasteiger partial charge in [0.05, 0.1) is 6.10 Å². The summed E-state index contributed by atoms with van der Waals surface area (Å²) in [5.41, 5.74) is 0.225. The molecule has 15 heavy (non-hydrogen) atoms. The molecule has 1 saturated heterocycles. The van der Waals surface area contributed by atoms with Gasteiger partial charge >= 0.3 is 0 Å². The molecule has 1 aliphatic heterocycles. The van der Waals surface area contributed by atoms with E-state index in [-0.39, 0.29) is 11.5 Å². The predicted octanol–water partition coefficient (Wildman–Crippen LogP) is 2.27. The maximum Gasteiger partial charge on any atom is 0.0669 e. The highest BCUT2D eigenvalue weighted by Gasteiger charge is 2.18. The number of nitrogens with one attached hydrogen (secondary N) is 1. The summed E-state index contributed by atoms with van der Waals surface area (Å²) in [6.45, 7) is 7.27. The SMILES string of the molecule is CC(C)(C)C[C@H](O)CN[C@H]1CCCSC1. The average Bonchev–Trinajstić information content (AvgIpc) is 2.14. The summed E-state index contributed by atoms with van der Waals surface area (Å²) in [6.07, 6.45) is 3.27. The quantitative estimate of drug-likeness (QED) is 0.778. The Labute approximate surface area is 98.2 Å². The Balaban J connectivity index is 2.12. The lowest BCUT2D eigenvalue weighted by atomic mass is 9.89. The molecule has 1 aliphatic rings. The Bertz CT molecular complexity index is 173.